The number of pyridine rings is 1. The highest BCUT2D eigenvalue weighted by molar-refractivity contribution is 8.00. The number of phenolic OH excluding ortho intramolecular Hbond substituents is 1. The second-order valence-electron chi connectivity index (χ2n) is 6.10. The quantitative estimate of drug-likeness (QED) is 0.817. The Morgan fingerprint density at radius 3 is 3.08 bits per heavy atom. The van der Waals surface area contributed by atoms with Gasteiger partial charge in [-0.1, -0.05) is 12.1 Å². The Morgan fingerprint density at radius 2 is 2.35 bits per heavy atom. The van der Waals surface area contributed by atoms with Gasteiger partial charge in [0.25, 0.3) is 0 Å². The summed E-state index contributed by atoms with van der Waals surface area (Å²) < 4.78 is 5.73. The van der Waals surface area contributed by atoms with E-state index in [1.807, 2.05) is 25.1 Å². The minimum atomic E-state index is -0.148. The number of fused-ring (bicyclic) bond motifs is 1. The zero-order valence-electron chi connectivity index (χ0n) is 14.7. The van der Waals surface area contributed by atoms with E-state index in [1.165, 1.54) is 0 Å². The molecule has 136 valence electrons. The van der Waals surface area contributed by atoms with Crippen molar-refractivity contribution in [2.75, 3.05) is 18.9 Å². The highest BCUT2D eigenvalue weighted by atomic mass is 32.2. The molecule has 0 unspecified atom stereocenters. The molecule has 0 spiro atoms. The summed E-state index contributed by atoms with van der Waals surface area (Å²) in [5, 5.41) is 10.3. The largest absolute Gasteiger partial charge is 0.504 e. The van der Waals surface area contributed by atoms with Crippen LogP contribution in [0.3, 0.4) is 0 Å². The molecule has 1 amide bonds. The molecule has 0 fully saturated rings. The second kappa shape index (κ2) is 8.27. The number of thioether (sulfide) groups is 1. The number of hydrogen-bond acceptors (Lipinski definition) is 5. The van der Waals surface area contributed by atoms with Gasteiger partial charge in [-0.3, -0.25) is 9.78 Å². The molecule has 2 heterocycles. The van der Waals surface area contributed by atoms with Crippen LogP contribution in [0.4, 0.5) is 0 Å². The first-order valence-corrected chi connectivity index (χ1v) is 9.55. The van der Waals surface area contributed by atoms with Gasteiger partial charge in [-0.2, -0.15) is 0 Å². The minimum Gasteiger partial charge on any atom is -0.504 e. The SMILES string of the molecule is C=CCS[C@H](C)C(=O)N1CCOc2c(O)cc(-c3cccnc3)cc2C1. The van der Waals surface area contributed by atoms with Gasteiger partial charge in [0.1, 0.15) is 6.61 Å². The van der Waals surface area contributed by atoms with Crippen LogP contribution in [0.5, 0.6) is 11.5 Å². The molecular formula is C20H22N2O3S. The van der Waals surface area contributed by atoms with Crippen LogP contribution in [0.15, 0.2) is 49.3 Å². The van der Waals surface area contributed by atoms with Crippen LogP contribution >= 0.6 is 11.8 Å². The highest BCUT2D eigenvalue weighted by Gasteiger charge is 2.26. The summed E-state index contributed by atoms with van der Waals surface area (Å²) in [5.41, 5.74) is 2.56. The third-order valence-electron chi connectivity index (χ3n) is 4.23. The van der Waals surface area contributed by atoms with Crippen molar-refractivity contribution in [3.63, 3.8) is 0 Å². The first-order chi connectivity index (χ1) is 12.6. The van der Waals surface area contributed by atoms with E-state index in [1.54, 1.807) is 41.2 Å². The normalized spacial score (nSPS) is 14.7. The second-order valence-corrected chi connectivity index (χ2v) is 7.47. The summed E-state index contributed by atoms with van der Waals surface area (Å²) >= 11 is 1.56. The molecular weight excluding hydrogens is 348 g/mol. The van der Waals surface area contributed by atoms with Crippen molar-refractivity contribution in [2.45, 2.75) is 18.7 Å². The lowest BCUT2D eigenvalue weighted by Gasteiger charge is -2.23. The van der Waals surface area contributed by atoms with Gasteiger partial charge in [0.2, 0.25) is 5.91 Å². The molecule has 5 nitrogen and oxygen atoms in total. The van der Waals surface area contributed by atoms with Gasteiger partial charge in [0.05, 0.1) is 11.8 Å². The zero-order chi connectivity index (χ0) is 18.5. The van der Waals surface area contributed by atoms with Crippen LogP contribution in [0, 0.1) is 0 Å². The highest BCUT2D eigenvalue weighted by Crippen LogP contribution is 2.37. The molecule has 2 aromatic rings. The number of aromatic nitrogens is 1. The average Bonchev–Trinajstić information content (AvgIpc) is 2.89. The van der Waals surface area contributed by atoms with Crippen molar-refractivity contribution in [3.8, 4) is 22.6 Å². The summed E-state index contributed by atoms with van der Waals surface area (Å²) in [5.74, 6) is 1.35. The Labute approximate surface area is 157 Å². The molecule has 3 rings (SSSR count). The Balaban J connectivity index is 1.88. The molecule has 1 atom stereocenters. The molecule has 0 bridgehead atoms. The van der Waals surface area contributed by atoms with Gasteiger partial charge in [0.15, 0.2) is 11.5 Å². The van der Waals surface area contributed by atoms with Crippen LogP contribution in [-0.4, -0.2) is 45.1 Å². The maximum atomic E-state index is 12.7. The number of hydrogen-bond donors (Lipinski definition) is 1. The topological polar surface area (TPSA) is 62.7 Å². The fourth-order valence-corrected chi connectivity index (χ4v) is 3.64. The van der Waals surface area contributed by atoms with Crippen LogP contribution in [0.1, 0.15) is 12.5 Å². The van der Waals surface area contributed by atoms with Crippen molar-refractivity contribution in [1.82, 2.24) is 9.88 Å². The fraction of sp³-hybridized carbons (Fsp3) is 0.300. The molecule has 0 radical (unpaired) electrons. The molecule has 0 saturated heterocycles. The molecule has 0 aliphatic carbocycles. The Bertz CT molecular complexity index is 795. The lowest BCUT2D eigenvalue weighted by atomic mass is 10.0. The Kier molecular flexibility index (Phi) is 5.83. The summed E-state index contributed by atoms with van der Waals surface area (Å²) in [6, 6.07) is 7.42. The van der Waals surface area contributed by atoms with E-state index in [0.29, 0.717) is 25.4 Å². The van der Waals surface area contributed by atoms with Crippen LogP contribution in [-0.2, 0) is 11.3 Å². The van der Waals surface area contributed by atoms with Gasteiger partial charge in [-0.25, -0.2) is 0 Å². The number of carbonyl (C=O) groups excluding carboxylic acids is 1. The predicted octanol–water partition coefficient (Wildman–Crippen LogP) is 3.48. The number of aromatic hydroxyl groups is 1. The molecule has 6 heteroatoms. The number of rotatable bonds is 5. The summed E-state index contributed by atoms with van der Waals surface area (Å²) in [6.45, 7) is 6.87. The molecule has 0 saturated carbocycles. The van der Waals surface area contributed by atoms with E-state index < -0.39 is 0 Å². The predicted molar refractivity (Wildman–Crippen MR) is 104 cm³/mol. The third kappa shape index (κ3) is 4.02. The summed E-state index contributed by atoms with van der Waals surface area (Å²) in [7, 11) is 0. The van der Waals surface area contributed by atoms with Gasteiger partial charge >= 0.3 is 0 Å². The van der Waals surface area contributed by atoms with E-state index in [-0.39, 0.29) is 16.9 Å². The third-order valence-corrected chi connectivity index (χ3v) is 5.36. The van der Waals surface area contributed by atoms with E-state index in [9.17, 15) is 9.90 Å². The Hall–Kier alpha value is -2.47. The number of nitrogens with zero attached hydrogens (tertiary/aromatic N) is 2. The average molecular weight is 370 g/mol. The van der Waals surface area contributed by atoms with E-state index in [0.717, 1.165) is 22.4 Å². The molecule has 1 N–H and O–H groups in total. The van der Waals surface area contributed by atoms with Crippen molar-refractivity contribution in [1.29, 1.82) is 0 Å². The van der Waals surface area contributed by atoms with Crippen molar-refractivity contribution in [2.24, 2.45) is 0 Å². The standard InChI is InChI=1S/C20H22N2O3S/c1-3-9-26-14(2)20(24)22-7-8-25-19-17(13-22)10-16(11-18(19)23)15-5-4-6-21-12-15/h3-6,10-12,14,23H,1,7-9,13H2,2H3/t14-/m1/s1. The minimum absolute atomic E-state index is 0.0690. The molecule has 26 heavy (non-hydrogen) atoms. The van der Waals surface area contributed by atoms with Gasteiger partial charge < -0.3 is 14.7 Å². The lowest BCUT2D eigenvalue weighted by molar-refractivity contribution is -0.131. The van der Waals surface area contributed by atoms with Crippen LogP contribution < -0.4 is 4.74 Å². The fourth-order valence-electron chi connectivity index (χ4n) is 2.93. The number of ether oxygens (including phenoxy) is 1. The lowest BCUT2D eigenvalue weighted by Crippen LogP contribution is -2.37. The van der Waals surface area contributed by atoms with Crippen molar-refractivity contribution < 1.29 is 14.6 Å². The molecule has 1 aromatic carbocycles. The van der Waals surface area contributed by atoms with Gasteiger partial charge in [-0.05, 0) is 30.7 Å². The van der Waals surface area contributed by atoms with Crippen molar-refractivity contribution in [3.05, 3.63) is 54.9 Å². The zero-order valence-corrected chi connectivity index (χ0v) is 15.5. The van der Waals surface area contributed by atoms with E-state index in [4.69, 9.17) is 4.74 Å². The number of carbonyl (C=O) groups is 1. The first kappa shape index (κ1) is 18.3. The number of benzene rings is 1. The smallest absolute Gasteiger partial charge is 0.235 e. The van der Waals surface area contributed by atoms with E-state index >= 15 is 0 Å². The van der Waals surface area contributed by atoms with Crippen molar-refractivity contribution >= 4 is 17.7 Å². The van der Waals surface area contributed by atoms with Gasteiger partial charge in [0, 0.05) is 35.8 Å². The Morgan fingerprint density at radius 1 is 1.50 bits per heavy atom. The molecule has 1 aliphatic rings. The maximum absolute atomic E-state index is 12.7. The first-order valence-electron chi connectivity index (χ1n) is 8.50. The van der Waals surface area contributed by atoms with Gasteiger partial charge in [-0.15, -0.1) is 18.3 Å². The summed E-state index contributed by atoms with van der Waals surface area (Å²) in [6.07, 6.45) is 5.25. The van der Waals surface area contributed by atoms with E-state index in [2.05, 4.69) is 11.6 Å². The summed E-state index contributed by atoms with van der Waals surface area (Å²) in [4.78, 5) is 18.7. The number of amides is 1. The molecule has 1 aliphatic heterocycles. The molecule has 1 aromatic heterocycles. The number of phenols is 1. The monoisotopic (exact) mass is 370 g/mol. The van der Waals surface area contributed by atoms with Crippen LogP contribution in [0.2, 0.25) is 0 Å². The van der Waals surface area contributed by atoms with Crippen LogP contribution in [0.25, 0.3) is 11.1 Å². The maximum Gasteiger partial charge on any atom is 0.235 e.